The summed E-state index contributed by atoms with van der Waals surface area (Å²) in [5.41, 5.74) is 0. The minimum atomic E-state index is 0.335. The van der Waals surface area contributed by atoms with Gasteiger partial charge in [0.15, 0.2) is 0 Å². The van der Waals surface area contributed by atoms with Crippen LogP contribution in [0.4, 0.5) is 0 Å². The fourth-order valence-electron chi connectivity index (χ4n) is 1.51. The maximum absolute atomic E-state index is 11.0. The fraction of sp³-hybridized carbons (Fsp3) is 0.909. The van der Waals surface area contributed by atoms with E-state index in [0.717, 1.165) is 12.8 Å². The summed E-state index contributed by atoms with van der Waals surface area (Å²) in [5.74, 6) is 0.704. The highest BCUT2D eigenvalue weighted by molar-refractivity contribution is 5.78. The summed E-state index contributed by atoms with van der Waals surface area (Å²) >= 11 is 0. The zero-order valence-electron chi connectivity index (χ0n) is 8.73. The normalized spacial score (nSPS) is 12.9. The summed E-state index contributed by atoms with van der Waals surface area (Å²) in [6.45, 7) is 6.03. The second-order valence-electron chi connectivity index (χ2n) is 3.57. The van der Waals surface area contributed by atoms with Gasteiger partial charge in [-0.3, -0.25) is 4.79 Å². The van der Waals surface area contributed by atoms with Gasteiger partial charge in [-0.05, 0) is 19.8 Å². The molecule has 0 aliphatic rings. The van der Waals surface area contributed by atoms with Crippen molar-refractivity contribution in [2.75, 3.05) is 0 Å². The lowest BCUT2D eigenvalue weighted by Gasteiger charge is -2.09. The van der Waals surface area contributed by atoms with E-state index in [1.54, 1.807) is 6.92 Å². The zero-order chi connectivity index (χ0) is 9.40. The fourth-order valence-corrected chi connectivity index (χ4v) is 1.51. The third-order valence-electron chi connectivity index (χ3n) is 2.47. The number of rotatable bonds is 7. The third-order valence-corrected chi connectivity index (χ3v) is 2.47. The Morgan fingerprint density at radius 1 is 1.17 bits per heavy atom. The van der Waals surface area contributed by atoms with Crippen molar-refractivity contribution in [2.45, 2.75) is 59.3 Å². The average Bonchev–Trinajstić information content (AvgIpc) is 2.04. The van der Waals surface area contributed by atoms with E-state index in [4.69, 9.17) is 0 Å². The van der Waals surface area contributed by atoms with Gasteiger partial charge in [-0.15, -0.1) is 0 Å². The van der Waals surface area contributed by atoms with Crippen molar-refractivity contribution in [1.29, 1.82) is 0 Å². The molecule has 0 fully saturated rings. The summed E-state index contributed by atoms with van der Waals surface area (Å²) in [6.07, 6.45) is 7.23. The molecule has 0 aromatic rings. The highest BCUT2D eigenvalue weighted by Gasteiger charge is 2.09. The smallest absolute Gasteiger partial charge is 0.132 e. The topological polar surface area (TPSA) is 17.1 Å². The molecule has 0 aromatic heterocycles. The maximum atomic E-state index is 11.0. The summed E-state index contributed by atoms with van der Waals surface area (Å²) in [7, 11) is 0. The Hall–Kier alpha value is -0.330. The van der Waals surface area contributed by atoms with Gasteiger partial charge in [0.05, 0.1) is 0 Å². The molecule has 0 aromatic carbocycles. The van der Waals surface area contributed by atoms with Crippen LogP contribution in [0.1, 0.15) is 59.3 Å². The standard InChI is InChI=1S/C11H22O/c1-4-6-7-8-9-11(5-2)10(3)12/h11H,4-9H2,1-3H3. The predicted molar refractivity (Wildman–Crippen MR) is 53.2 cm³/mol. The highest BCUT2D eigenvalue weighted by atomic mass is 16.1. The summed E-state index contributed by atoms with van der Waals surface area (Å²) in [5, 5.41) is 0. The highest BCUT2D eigenvalue weighted by Crippen LogP contribution is 2.14. The molecule has 0 saturated carbocycles. The van der Waals surface area contributed by atoms with Crippen LogP contribution >= 0.6 is 0 Å². The zero-order valence-corrected chi connectivity index (χ0v) is 8.73. The van der Waals surface area contributed by atoms with Crippen molar-refractivity contribution in [3.05, 3.63) is 0 Å². The molecule has 0 amide bonds. The van der Waals surface area contributed by atoms with Gasteiger partial charge in [0.1, 0.15) is 5.78 Å². The van der Waals surface area contributed by atoms with E-state index in [-0.39, 0.29) is 0 Å². The molecule has 0 heterocycles. The van der Waals surface area contributed by atoms with E-state index >= 15 is 0 Å². The van der Waals surface area contributed by atoms with E-state index in [0.29, 0.717) is 11.7 Å². The number of hydrogen-bond acceptors (Lipinski definition) is 1. The Labute approximate surface area is 76.6 Å². The molecule has 0 aliphatic heterocycles. The molecule has 0 aliphatic carbocycles. The minimum absolute atomic E-state index is 0.335. The minimum Gasteiger partial charge on any atom is -0.300 e. The number of Topliss-reactive ketones (excluding diaryl/α,β-unsaturated/α-hetero) is 1. The molecule has 0 spiro atoms. The van der Waals surface area contributed by atoms with Crippen molar-refractivity contribution in [1.82, 2.24) is 0 Å². The first-order chi connectivity index (χ1) is 5.72. The molecule has 1 nitrogen and oxygen atoms in total. The Morgan fingerprint density at radius 2 is 1.83 bits per heavy atom. The van der Waals surface area contributed by atoms with E-state index in [1.807, 2.05) is 0 Å². The van der Waals surface area contributed by atoms with Gasteiger partial charge in [0.2, 0.25) is 0 Å². The van der Waals surface area contributed by atoms with Crippen LogP contribution in [0.5, 0.6) is 0 Å². The molecule has 72 valence electrons. The summed E-state index contributed by atoms with van der Waals surface area (Å²) in [6, 6.07) is 0. The first-order valence-electron chi connectivity index (χ1n) is 5.22. The average molecular weight is 170 g/mol. The molecule has 0 bridgehead atoms. The van der Waals surface area contributed by atoms with Crippen LogP contribution in [0.15, 0.2) is 0 Å². The first-order valence-corrected chi connectivity index (χ1v) is 5.22. The molecular weight excluding hydrogens is 148 g/mol. The first kappa shape index (κ1) is 11.7. The largest absolute Gasteiger partial charge is 0.300 e. The molecule has 0 radical (unpaired) electrons. The van der Waals surface area contributed by atoms with Gasteiger partial charge in [0.25, 0.3) is 0 Å². The lowest BCUT2D eigenvalue weighted by molar-refractivity contribution is -0.121. The molecule has 0 N–H and O–H groups in total. The van der Waals surface area contributed by atoms with Crippen molar-refractivity contribution in [3.8, 4) is 0 Å². The SMILES string of the molecule is CCCCCCC(CC)C(C)=O. The summed E-state index contributed by atoms with van der Waals surface area (Å²) < 4.78 is 0. The molecule has 1 heteroatoms. The molecular formula is C11H22O. The lowest BCUT2D eigenvalue weighted by Crippen LogP contribution is -2.09. The second-order valence-corrected chi connectivity index (χ2v) is 3.57. The van der Waals surface area contributed by atoms with Gasteiger partial charge < -0.3 is 0 Å². The number of hydrogen-bond donors (Lipinski definition) is 0. The van der Waals surface area contributed by atoms with Gasteiger partial charge in [0, 0.05) is 5.92 Å². The maximum Gasteiger partial charge on any atom is 0.132 e. The van der Waals surface area contributed by atoms with E-state index in [2.05, 4.69) is 13.8 Å². The Morgan fingerprint density at radius 3 is 2.25 bits per heavy atom. The van der Waals surface area contributed by atoms with Gasteiger partial charge in [-0.25, -0.2) is 0 Å². The van der Waals surface area contributed by atoms with Crippen molar-refractivity contribution in [2.24, 2.45) is 5.92 Å². The summed E-state index contributed by atoms with van der Waals surface area (Å²) in [4.78, 5) is 11.0. The Kier molecular flexibility index (Phi) is 7.12. The quantitative estimate of drug-likeness (QED) is 0.534. The number of carbonyl (C=O) groups excluding carboxylic acids is 1. The molecule has 0 rings (SSSR count). The second kappa shape index (κ2) is 7.33. The van der Waals surface area contributed by atoms with Gasteiger partial charge in [-0.1, -0.05) is 39.5 Å². The van der Waals surface area contributed by atoms with Gasteiger partial charge in [-0.2, -0.15) is 0 Å². The van der Waals surface area contributed by atoms with E-state index < -0.39 is 0 Å². The van der Waals surface area contributed by atoms with Crippen LogP contribution in [0.25, 0.3) is 0 Å². The Bertz CT molecular complexity index is 118. The number of carbonyl (C=O) groups is 1. The molecule has 1 unspecified atom stereocenters. The molecule has 0 saturated heterocycles. The van der Waals surface area contributed by atoms with Crippen molar-refractivity contribution in [3.63, 3.8) is 0 Å². The predicted octanol–water partition coefficient (Wildman–Crippen LogP) is 3.57. The van der Waals surface area contributed by atoms with Crippen LogP contribution in [-0.2, 0) is 4.79 Å². The van der Waals surface area contributed by atoms with Gasteiger partial charge >= 0.3 is 0 Å². The van der Waals surface area contributed by atoms with Crippen molar-refractivity contribution < 1.29 is 4.79 Å². The number of unbranched alkanes of at least 4 members (excludes halogenated alkanes) is 3. The van der Waals surface area contributed by atoms with Crippen LogP contribution < -0.4 is 0 Å². The van der Waals surface area contributed by atoms with Crippen LogP contribution in [0, 0.1) is 5.92 Å². The van der Waals surface area contributed by atoms with E-state index in [9.17, 15) is 4.79 Å². The lowest BCUT2D eigenvalue weighted by atomic mass is 9.95. The van der Waals surface area contributed by atoms with Crippen LogP contribution in [0.2, 0.25) is 0 Å². The van der Waals surface area contributed by atoms with E-state index in [1.165, 1.54) is 25.7 Å². The third kappa shape index (κ3) is 5.34. The Balaban J connectivity index is 3.38. The number of ketones is 1. The molecule has 1 atom stereocenters. The molecule has 12 heavy (non-hydrogen) atoms. The van der Waals surface area contributed by atoms with Crippen LogP contribution in [0.3, 0.4) is 0 Å². The van der Waals surface area contributed by atoms with Crippen molar-refractivity contribution >= 4 is 5.78 Å². The van der Waals surface area contributed by atoms with Crippen LogP contribution in [-0.4, -0.2) is 5.78 Å². The monoisotopic (exact) mass is 170 g/mol.